The zero-order valence-corrected chi connectivity index (χ0v) is 9.31. The van der Waals surface area contributed by atoms with E-state index in [9.17, 15) is 4.79 Å². The van der Waals surface area contributed by atoms with Gasteiger partial charge in [-0.1, -0.05) is 30.3 Å². The largest absolute Gasteiger partial charge is 0.465 e. The molecular weight excluding hydrogens is 214 g/mol. The average Bonchev–Trinajstić information content (AvgIpc) is 3.13. The number of rotatable bonds is 2. The second-order valence-electron chi connectivity index (χ2n) is 4.45. The lowest BCUT2D eigenvalue weighted by atomic mass is 10.00. The van der Waals surface area contributed by atoms with Gasteiger partial charge in [0.2, 0.25) is 0 Å². The first-order valence-corrected chi connectivity index (χ1v) is 5.77. The number of nitrogens with one attached hydrogen (secondary N) is 1. The van der Waals surface area contributed by atoms with E-state index in [1.807, 2.05) is 30.3 Å². The molecule has 3 nitrogen and oxygen atoms in total. The predicted octanol–water partition coefficient (Wildman–Crippen LogP) is 3.81. The smallest absolute Gasteiger partial charge is 0.409 e. The van der Waals surface area contributed by atoms with Crippen molar-refractivity contribution in [3.8, 4) is 0 Å². The van der Waals surface area contributed by atoms with Gasteiger partial charge in [0, 0.05) is 5.39 Å². The van der Waals surface area contributed by atoms with E-state index in [2.05, 4.69) is 11.4 Å². The minimum Gasteiger partial charge on any atom is -0.465 e. The van der Waals surface area contributed by atoms with Crippen LogP contribution in [0, 0.1) is 0 Å². The van der Waals surface area contributed by atoms with Crippen LogP contribution in [0.3, 0.4) is 0 Å². The molecule has 86 valence electrons. The molecule has 0 radical (unpaired) electrons. The van der Waals surface area contributed by atoms with Crippen molar-refractivity contribution in [3.63, 3.8) is 0 Å². The van der Waals surface area contributed by atoms with Crippen LogP contribution in [-0.2, 0) is 0 Å². The minimum absolute atomic E-state index is 0.664. The Kier molecular flexibility index (Phi) is 2.25. The number of anilines is 1. The fourth-order valence-corrected chi connectivity index (χ4v) is 2.30. The van der Waals surface area contributed by atoms with E-state index < -0.39 is 6.09 Å². The Balaban J connectivity index is 2.18. The molecule has 1 fully saturated rings. The number of hydrogen-bond acceptors (Lipinski definition) is 1. The maximum atomic E-state index is 10.7. The van der Waals surface area contributed by atoms with Crippen molar-refractivity contribution >= 4 is 22.6 Å². The van der Waals surface area contributed by atoms with Crippen molar-refractivity contribution in [2.75, 3.05) is 5.32 Å². The molecule has 3 heteroatoms. The predicted molar refractivity (Wildman–Crippen MR) is 67.6 cm³/mol. The Morgan fingerprint density at radius 2 is 1.82 bits per heavy atom. The van der Waals surface area contributed by atoms with Crippen molar-refractivity contribution < 1.29 is 9.90 Å². The number of carbonyl (C=O) groups is 1. The molecular formula is C14H13NO2. The number of carboxylic acid groups (broad SMARTS) is 1. The molecule has 0 unspecified atom stereocenters. The summed E-state index contributed by atoms with van der Waals surface area (Å²) in [4.78, 5) is 10.7. The second kappa shape index (κ2) is 3.77. The van der Waals surface area contributed by atoms with Gasteiger partial charge in [-0.25, -0.2) is 4.79 Å². The zero-order valence-electron chi connectivity index (χ0n) is 9.31. The lowest BCUT2D eigenvalue weighted by molar-refractivity contribution is 0.210. The van der Waals surface area contributed by atoms with Gasteiger partial charge in [-0.3, -0.25) is 5.32 Å². The van der Waals surface area contributed by atoms with Gasteiger partial charge in [-0.15, -0.1) is 0 Å². The number of fused-ring (bicyclic) bond motifs is 1. The fraction of sp³-hybridized carbons (Fsp3) is 0.214. The number of benzene rings is 2. The van der Waals surface area contributed by atoms with Gasteiger partial charge in [0.25, 0.3) is 0 Å². The Morgan fingerprint density at radius 3 is 2.47 bits per heavy atom. The summed E-state index contributed by atoms with van der Waals surface area (Å²) in [5, 5.41) is 13.4. The zero-order chi connectivity index (χ0) is 11.8. The van der Waals surface area contributed by atoms with Gasteiger partial charge in [-0.05, 0) is 35.8 Å². The Bertz CT molecular complexity index is 588. The van der Waals surface area contributed by atoms with Gasteiger partial charge in [0.05, 0.1) is 5.69 Å². The van der Waals surface area contributed by atoms with Crippen LogP contribution in [0.2, 0.25) is 0 Å². The molecule has 2 N–H and O–H groups in total. The van der Waals surface area contributed by atoms with Crippen molar-refractivity contribution in [2.45, 2.75) is 18.8 Å². The van der Waals surface area contributed by atoms with E-state index in [1.165, 1.54) is 23.8 Å². The standard InChI is InChI=1S/C14H13NO2/c16-14(17)15-13-8-7-10(9-5-6-9)11-3-1-2-4-12(11)13/h1-4,7-9,15H,5-6H2,(H,16,17). The Labute approximate surface area is 99.1 Å². The molecule has 0 saturated heterocycles. The van der Waals surface area contributed by atoms with E-state index in [4.69, 9.17) is 5.11 Å². The summed E-state index contributed by atoms with van der Waals surface area (Å²) in [5.74, 6) is 0.666. The van der Waals surface area contributed by atoms with Crippen molar-refractivity contribution in [1.29, 1.82) is 0 Å². The van der Waals surface area contributed by atoms with Crippen molar-refractivity contribution in [2.24, 2.45) is 0 Å². The molecule has 2 aromatic carbocycles. The highest BCUT2D eigenvalue weighted by Gasteiger charge is 2.25. The van der Waals surface area contributed by atoms with E-state index in [0.29, 0.717) is 11.6 Å². The molecule has 0 heterocycles. The molecule has 0 bridgehead atoms. The van der Waals surface area contributed by atoms with Crippen LogP contribution >= 0.6 is 0 Å². The van der Waals surface area contributed by atoms with Crippen LogP contribution in [0.5, 0.6) is 0 Å². The quantitative estimate of drug-likeness (QED) is 0.819. The molecule has 0 atom stereocenters. The third-order valence-electron chi connectivity index (χ3n) is 3.22. The van der Waals surface area contributed by atoms with Crippen LogP contribution in [0.4, 0.5) is 10.5 Å². The summed E-state index contributed by atoms with van der Waals surface area (Å²) in [7, 11) is 0. The number of amides is 1. The summed E-state index contributed by atoms with van der Waals surface area (Å²) in [5.41, 5.74) is 2.01. The normalized spacial score (nSPS) is 14.8. The topological polar surface area (TPSA) is 49.3 Å². The van der Waals surface area contributed by atoms with Gasteiger partial charge in [0.15, 0.2) is 0 Å². The van der Waals surface area contributed by atoms with Crippen LogP contribution in [0.1, 0.15) is 24.3 Å². The molecule has 0 aliphatic heterocycles. The van der Waals surface area contributed by atoms with Crippen LogP contribution < -0.4 is 5.32 Å². The first-order valence-electron chi connectivity index (χ1n) is 5.77. The molecule has 1 saturated carbocycles. The average molecular weight is 227 g/mol. The van der Waals surface area contributed by atoms with Gasteiger partial charge in [0.1, 0.15) is 0 Å². The highest BCUT2D eigenvalue weighted by atomic mass is 16.4. The summed E-state index contributed by atoms with van der Waals surface area (Å²) in [6.07, 6.45) is 1.47. The van der Waals surface area contributed by atoms with E-state index >= 15 is 0 Å². The monoisotopic (exact) mass is 227 g/mol. The van der Waals surface area contributed by atoms with E-state index in [0.717, 1.165) is 5.39 Å². The molecule has 17 heavy (non-hydrogen) atoms. The first kappa shape index (κ1) is 10.1. The SMILES string of the molecule is O=C(O)Nc1ccc(C2CC2)c2ccccc12. The van der Waals surface area contributed by atoms with Crippen molar-refractivity contribution in [3.05, 3.63) is 42.0 Å². The molecule has 1 amide bonds. The maximum Gasteiger partial charge on any atom is 0.409 e. The van der Waals surface area contributed by atoms with E-state index in [-0.39, 0.29) is 0 Å². The van der Waals surface area contributed by atoms with Crippen molar-refractivity contribution in [1.82, 2.24) is 0 Å². The molecule has 3 rings (SSSR count). The summed E-state index contributed by atoms with van der Waals surface area (Å²) < 4.78 is 0. The Hall–Kier alpha value is -2.03. The van der Waals surface area contributed by atoms with Crippen LogP contribution in [-0.4, -0.2) is 11.2 Å². The van der Waals surface area contributed by atoms with Gasteiger partial charge >= 0.3 is 6.09 Å². The molecule has 2 aromatic rings. The van der Waals surface area contributed by atoms with Crippen LogP contribution in [0.15, 0.2) is 36.4 Å². The van der Waals surface area contributed by atoms with Gasteiger partial charge in [-0.2, -0.15) is 0 Å². The minimum atomic E-state index is -1.02. The molecule has 1 aliphatic rings. The third kappa shape index (κ3) is 1.84. The summed E-state index contributed by atoms with van der Waals surface area (Å²) in [6, 6.07) is 11.9. The fourth-order valence-electron chi connectivity index (χ4n) is 2.30. The lowest BCUT2D eigenvalue weighted by Crippen LogP contribution is -2.07. The molecule has 0 spiro atoms. The highest BCUT2D eigenvalue weighted by molar-refractivity contribution is 6.01. The summed E-state index contributed by atoms with van der Waals surface area (Å²) in [6.45, 7) is 0. The van der Waals surface area contributed by atoms with Crippen LogP contribution in [0.25, 0.3) is 10.8 Å². The molecule has 0 aromatic heterocycles. The Morgan fingerprint density at radius 1 is 1.12 bits per heavy atom. The second-order valence-corrected chi connectivity index (χ2v) is 4.45. The maximum absolute atomic E-state index is 10.7. The summed E-state index contributed by atoms with van der Waals surface area (Å²) >= 11 is 0. The van der Waals surface area contributed by atoms with E-state index in [1.54, 1.807) is 0 Å². The molecule has 1 aliphatic carbocycles. The first-order chi connectivity index (χ1) is 8.25. The third-order valence-corrected chi connectivity index (χ3v) is 3.22. The van der Waals surface area contributed by atoms with Gasteiger partial charge < -0.3 is 5.11 Å². The lowest BCUT2D eigenvalue weighted by Gasteiger charge is -2.10. The highest BCUT2D eigenvalue weighted by Crippen LogP contribution is 2.44. The number of hydrogen-bond donors (Lipinski definition) is 2.